The molecule has 1 aliphatic rings. The molecular formula is C18H37IN4O3. The van der Waals surface area contributed by atoms with Crippen molar-refractivity contribution in [2.75, 3.05) is 46.6 Å². The second kappa shape index (κ2) is 17.8. The maximum atomic E-state index is 11.9. The van der Waals surface area contributed by atoms with Crippen LogP contribution in [0.25, 0.3) is 0 Å². The number of hydrogen-bond acceptors (Lipinski definition) is 4. The molecule has 1 aliphatic carbocycles. The molecule has 1 fully saturated rings. The first-order chi connectivity index (χ1) is 12.3. The Morgan fingerprint density at radius 3 is 2.35 bits per heavy atom. The van der Waals surface area contributed by atoms with E-state index in [-0.39, 0.29) is 29.9 Å². The molecule has 0 heterocycles. The van der Waals surface area contributed by atoms with Gasteiger partial charge in [-0.1, -0.05) is 26.2 Å². The van der Waals surface area contributed by atoms with E-state index in [0.717, 1.165) is 32.3 Å². The third-order valence-electron chi connectivity index (χ3n) is 4.14. The van der Waals surface area contributed by atoms with E-state index in [2.05, 4.69) is 27.9 Å². The summed E-state index contributed by atoms with van der Waals surface area (Å²) < 4.78 is 10.9. The number of amides is 1. The maximum absolute atomic E-state index is 11.9. The molecule has 0 aromatic rings. The predicted molar refractivity (Wildman–Crippen MR) is 116 cm³/mol. The highest BCUT2D eigenvalue weighted by Gasteiger charge is 2.16. The number of halogens is 1. The fraction of sp³-hybridized carbons (Fsp3) is 0.889. The molecule has 0 unspecified atom stereocenters. The number of nitrogens with one attached hydrogen (secondary N) is 3. The minimum Gasteiger partial charge on any atom is -0.379 e. The van der Waals surface area contributed by atoms with Gasteiger partial charge in [0.25, 0.3) is 0 Å². The van der Waals surface area contributed by atoms with Gasteiger partial charge in [0.2, 0.25) is 5.91 Å². The Hall–Kier alpha value is -0.610. The molecule has 0 aromatic carbocycles. The Balaban J connectivity index is 0.00000625. The van der Waals surface area contributed by atoms with E-state index in [9.17, 15) is 4.79 Å². The molecule has 154 valence electrons. The Kier molecular flexibility index (Phi) is 17.4. The number of ether oxygens (including phenoxy) is 2. The number of carbonyl (C=O) groups is 1. The van der Waals surface area contributed by atoms with Gasteiger partial charge in [-0.05, 0) is 19.3 Å². The number of guanidine groups is 1. The Bertz CT molecular complexity index is 377. The summed E-state index contributed by atoms with van der Waals surface area (Å²) in [6, 6.07) is 0.382. The fourth-order valence-corrected chi connectivity index (χ4v) is 2.70. The third kappa shape index (κ3) is 13.6. The normalized spacial score (nSPS) is 14.8. The van der Waals surface area contributed by atoms with Crippen LogP contribution in [0.15, 0.2) is 4.99 Å². The van der Waals surface area contributed by atoms with Crippen molar-refractivity contribution in [1.82, 2.24) is 16.0 Å². The number of aliphatic imine (C=N–C) groups is 1. The van der Waals surface area contributed by atoms with Crippen LogP contribution >= 0.6 is 24.0 Å². The first-order valence-corrected chi connectivity index (χ1v) is 9.65. The zero-order valence-electron chi connectivity index (χ0n) is 16.3. The molecule has 7 nitrogen and oxygen atoms in total. The number of rotatable bonds is 13. The SMILES string of the molecule is CCCCOCCOCCNC(=NC)NCCC(=O)NC1CCCC1.I. The summed E-state index contributed by atoms with van der Waals surface area (Å²) in [7, 11) is 1.72. The van der Waals surface area contributed by atoms with Crippen molar-refractivity contribution in [2.24, 2.45) is 4.99 Å². The first kappa shape index (κ1) is 25.4. The monoisotopic (exact) mass is 484 g/mol. The molecule has 0 aromatic heterocycles. The highest BCUT2D eigenvalue weighted by Crippen LogP contribution is 2.17. The Morgan fingerprint density at radius 1 is 1.04 bits per heavy atom. The maximum Gasteiger partial charge on any atom is 0.221 e. The van der Waals surface area contributed by atoms with Gasteiger partial charge in [-0.15, -0.1) is 24.0 Å². The molecule has 3 N–H and O–H groups in total. The minimum atomic E-state index is 0. The molecule has 26 heavy (non-hydrogen) atoms. The van der Waals surface area contributed by atoms with E-state index < -0.39 is 0 Å². The molecule has 1 amide bonds. The predicted octanol–water partition coefficient (Wildman–Crippen LogP) is 2.05. The molecule has 0 atom stereocenters. The van der Waals surface area contributed by atoms with Crippen molar-refractivity contribution < 1.29 is 14.3 Å². The molecule has 1 rings (SSSR count). The number of hydrogen-bond donors (Lipinski definition) is 3. The molecule has 0 bridgehead atoms. The molecule has 0 spiro atoms. The topological polar surface area (TPSA) is 84.0 Å². The van der Waals surface area contributed by atoms with Crippen LogP contribution < -0.4 is 16.0 Å². The standard InChI is InChI=1S/C18H36N4O3.HI/c1-3-4-12-24-14-15-25-13-11-21-18(19-2)20-10-9-17(23)22-16-7-5-6-8-16;/h16H,3-15H2,1-2H3,(H,22,23)(H2,19,20,21);1H. The van der Waals surface area contributed by atoms with Crippen LogP contribution in [0.1, 0.15) is 51.9 Å². The van der Waals surface area contributed by atoms with Crippen LogP contribution in [0.3, 0.4) is 0 Å². The van der Waals surface area contributed by atoms with E-state index in [1.54, 1.807) is 7.05 Å². The van der Waals surface area contributed by atoms with Crippen LogP contribution in [0.4, 0.5) is 0 Å². The van der Waals surface area contributed by atoms with Gasteiger partial charge in [-0.2, -0.15) is 0 Å². The van der Waals surface area contributed by atoms with E-state index in [0.29, 0.717) is 51.3 Å². The lowest BCUT2D eigenvalue weighted by molar-refractivity contribution is -0.121. The second-order valence-electron chi connectivity index (χ2n) is 6.30. The van der Waals surface area contributed by atoms with E-state index in [4.69, 9.17) is 9.47 Å². The van der Waals surface area contributed by atoms with Gasteiger partial charge in [0.15, 0.2) is 5.96 Å². The van der Waals surface area contributed by atoms with Crippen molar-refractivity contribution in [3.8, 4) is 0 Å². The zero-order valence-corrected chi connectivity index (χ0v) is 18.7. The lowest BCUT2D eigenvalue weighted by atomic mass is 10.2. The van der Waals surface area contributed by atoms with Crippen LogP contribution in [0, 0.1) is 0 Å². The molecular weight excluding hydrogens is 447 g/mol. The van der Waals surface area contributed by atoms with Gasteiger partial charge in [0.1, 0.15) is 0 Å². The summed E-state index contributed by atoms with van der Waals surface area (Å²) in [4.78, 5) is 16.0. The highest BCUT2D eigenvalue weighted by atomic mass is 127. The van der Waals surface area contributed by atoms with Crippen molar-refractivity contribution >= 4 is 35.8 Å². The van der Waals surface area contributed by atoms with E-state index in [1.165, 1.54) is 12.8 Å². The lowest BCUT2D eigenvalue weighted by Crippen LogP contribution is -2.41. The molecule has 1 saturated carbocycles. The van der Waals surface area contributed by atoms with Gasteiger partial charge in [-0.25, -0.2) is 0 Å². The highest BCUT2D eigenvalue weighted by molar-refractivity contribution is 14.0. The largest absolute Gasteiger partial charge is 0.379 e. The van der Waals surface area contributed by atoms with Crippen molar-refractivity contribution in [3.63, 3.8) is 0 Å². The summed E-state index contributed by atoms with van der Waals surface area (Å²) in [6.07, 6.45) is 7.40. The van der Waals surface area contributed by atoms with Crippen molar-refractivity contribution in [1.29, 1.82) is 0 Å². The van der Waals surface area contributed by atoms with Gasteiger partial charge in [0.05, 0.1) is 19.8 Å². The Morgan fingerprint density at radius 2 is 1.69 bits per heavy atom. The quantitative estimate of drug-likeness (QED) is 0.161. The fourth-order valence-electron chi connectivity index (χ4n) is 2.70. The number of carbonyl (C=O) groups excluding carboxylic acids is 1. The van der Waals surface area contributed by atoms with E-state index in [1.807, 2.05) is 0 Å². The number of unbranched alkanes of at least 4 members (excludes halogenated alkanes) is 1. The van der Waals surface area contributed by atoms with Gasteiger partial charge in [-0.3, -0.25) is 9.79 Å². The summed E-state index contributed by atoms with van der Waals surface area (Å²) in [6.45, 7) is 6.05. The summed E-state index contributed by atoms with van der Waals surface area (Å²) in [5.74, 6) is 0.803. The van der Waals surface area contributed by atoms with Crippen molar-refractivity contribution in [3.05, 3.63) is 0 Å². The lowest BCUT2D eigenvalue weighted by Gasteiger charge is -2.14. The summed E-state index contributed by atoms with van der Waals surface area (Å²) >= 11 is 0. The van der Waals surface area contributed by atoms with Crippen molar-refractivity contribution in [2.45, 2.75) is 57.9 Å². The Labute approximate surface area is 175 Å². The van der Waals surface area contributed by atoms with Gasteiger partial charge < -0.3 is 25.4 Å². The second-order valence-corrected chi connectivity index (χ2v) is 6.30. The van der Waals surface area contributed by atoms with E-state index >= 15 is 0 Å². The van der Waals surface area contributed by atoms with Crippen LogP contribution in [-0.2, 0) is 14.3 Å². The van der Waals surface area contributed by atoms with Crippen LogP contribution in [0.2, 0.25) is 0 Å². The van der Waals surface area contributed by atoms with Gasteiger partial charge >= 0.3 is 0 Å². The minimum absolute atomic E-state index is 0. The summed E-state index contributed by atoms with van der Waals surface area (Å²) in [5, 5.41) is 9.40. The third-order valence-corrected chi connectivity index (χ3v) is 4.14. The van der Waals surface area contributed by atoms with Gasteiger partial charge in [0, 0.05) is 39.2 Å². The van der Waals surface area contributed by atoms with Crippen LogP contribution in [-0.4, -0.2) is 64.5 Å². The first-order valence-electron chi connectivity index (χ1n) is 9.65. The average Bonchev–Trinajstić information content (AvgIpc) is 3.11. The molecule has 0 saturated heterocycles. The molecule has 0 radical (unpaired) electrons. The average molecular weight is 484 g/mol. The zero-order chi connectivity index (χ0) is 18.2. The smallest absolute Gasteiger partial charge is 0.221 e. The number of nitrogens with zero attached hydrogens (tertiary/aromatic N) is 1. The van der Waals surface area contributed by atoms with Crippen LogP contribution in [0.5, 0.6) is 0 Å². The molecule has 8 heteroatoms. The summed E-state index contributed by atoms with van der Waals surface area (Å²) in [5.41, 5.74) is 0. The molecule has 0 aliphatic heterocycles.